The van der Waals surface area contributed by atoms with Gasteiger partial charge in [-0.3, -0.25) is 4.79 Å². The number of aliphatic hydroxyl groups is 1. The van der Waals surface area contributed by atoms with Gasteiger partial charge in [0.2, 0.25) is 5.91 Å². The number of hydrogen-bond donors (Lipinski definition) is 3. The van der Waals surface area contributed by atoms with Gasteiger partial charge in [0, 0.05) is 29.7 Å². The number of thioether (sulfide) groups is 1. The molecule has 0 radical (unpaired) electrons. The lowest BCUT2D eigenvalue weighted by Crippen LogP contribution is -2.63. The van der Waals surface area contributed by atoms with Gasteiger partial charge in [-0.1, -0.05) is 6.92 Å². The Morgan fingerprint density at radius 3 is 2.77 bits per heavy atom. The largest absolute Gasteiger partial charge is 0.477 e. The van der Waals surface area contributed by atoms with E-state index in [0.717, 1.165) is 37.3 Å². The predicted octanol–water partition coefficient (Wildman–Crippen LogP) is 1.03. The number of nitrogens with one attached hydrogen (secondary N) is 1. The molecular formula is C18H28N2O5S. The second-order valence-corrected chi connectivity index (χ2v) is 8.68. The van der Waals surface area contributed by atoms with E-state index in [0.29, 0.717) is 0 Å². The standard InChI is InChI=1S/C18H28N2O5S/c1-9-14-13(10(2)21)17(22)20(14)15(18(23)24)16(9)26-12-8-19-7-5-4-6-11(12)25-3/h9-14,19,21H,4-8H2,1-3H3,(H,23,24)/t9?,10?,11?,12?,13?,14-/m1/s1. The number of β-lactam (4-membered cyclic amide) rings is 1. The van der Waals surface area contributed by atoms with E-state index in [4.69, 9.17) is 4.74 Å². The van der Waals surface area contributed by atoms with Crippen LogP contribution in [0.5, 0.6) is 0 Å². The maximum atomic E-state index is 12.4. The van der Waals surface area contributed by atoms with Crippen molar-refractivity contribution in [1.29, 1.82) is 0 Å². The molecule has 3 heterocycles. The number of hydrogen-bond acceptors (Lipinski definition) is 6. The number of methoxy groups -OCH3 is 1. The number of aliphatic hydroxyl groups excluding tert-OH is 1. The molecule has 0 spiro atoms. The van der Waals surface area contributed by atoms with Crippen molar-refractivity contribution in [3.05, 3.63) is 10.6 Å². The van der Waals surface area contributed by atoms with E-state index in [9.17, 15) is 19.8 Å². The second kappa shape index (κ2) is 7.88. The topological polar surface area (TPSA) is 99.1 Å². The first kappa shape index (κ1) is 19.7. The highest BCUT2D eigenvalue weighted by Crippen LogP contribution is 2.51. The maximum absolute atomic E-state index is 12.4. The Labute approximate surface area is 158 Å². The fourth-order valence-corrected chi connectivity index (χ4v) is 5.96. The highest BCUT2D eigenvalue weighted by molar-refractivity contribution is 8.03. The summed E-state index contributed by atoms with van der Waals surface area (Å²) in [6.45, 7) is 5.24. The molecule has 146 valence electrons. The zero-order valence-corrected chi connectivity index (χ0v) is 16.3. The van der Waals surface area contributed by atoms with Crippen molar-refractivity contribution in [2.45, 2.75) is 56.6 Å². The van der Waals surface area contributed by atoms with E-state index in [2.05, 4.69) is 5.32 Å². The lowest BCUT2D eigenvalue weighted by Gasteiger charge is -2.46. The second-order valence-electron chi connectivity index (χ2n) is 7.40. The number of carboxylic acids is 1. The Morgan fingerprint density at radius 2 is 2.15 bits per heavy atom. The van der Waals surface area contributed by atoms with E-state index in [1.54, 1.807) is 14.0 Å². The molecule has 0 bridgehead atoms. The van der Waals surface area contributed by atoms with Crippen LogP contribution in [0.25, 0.3) is 0 Å². The average molecular weight is 384 g/mol. The fourth-order valence-electron chi connectivity index (χ4n) is 4.39. The smallest absolute Gasteiger partial charge is 0.353 e. The number of amides is 1. The van der Waals surface area contributed by atoms with E-state index in [1.165, 1.54) is 16.7 Å². The molecule has 7 nitrogen and oxygen atoms in total. The first-order chi connectivity index (χ1) is 12.4. The summed E-state index contributed by atoms with van der Waals surface area (Å²) >= 11 is 1.53. The molecule has 6 atom stereocenters. The van der Waals surface area contributed by atoms with Crippen LogP contribution in [0.3, 0.4) is 0 Å². The monoisotopic (exact) mass is 384 g/mol. The Morgan fingerprint density at radius 1 is 1.42 bits per heavy atom. The molecule has 2 saturated heterocycles. The lowest BCUT2D eigenvalue weighted by atomic mass is 9.79. The summed E-state index contributed by atoms with van der Waals surface area (Å²) in [6.07, 6.45) is 2.39. The number of aliphatic carboxylic acids is 1. The molecule has 3 rings (SSSR count). The van der Waals surface area contributed by atoms with Crippen molar-refractivity contribution in [2.24, 2.45) is 11.8 Å². The number of rotatable bonds is 5. The van der Waals surface area contributed by atoms with Crippen molar-refractivity contribution in [2.75, 3.05) is 20.2 Å². The molecule has 1 amide bonds. The third-order valence-corrected chi connectivity index (χ3v) is 7.34. The molecule has 0 aromatic heterocycles. The molecule has 0 aromatic rings. The molecule has 3 N–H and O–H groups in total. The maximum Gasteiger partial charge on any atom is 0.353 e. The summed E-state index contributed by atoms with van der Waals surface area (Å²) in [5.41, 5.74) is 0.0892. The number of fused-ring (bicyclic) bond motifs is 1. The van der Waals surface area contributed by atoms with Crippen LogP contribution in [0.4, 0.5) is 0 Å². The van der Waals surface area contributed by atoms with Gasteiger partial charge >= 0.3 is 5.97 Å². The summed E-state index contributed by atoms with van der Waals surface area (Å²) in [4.78, 5) is 26.4. The Hall–Kier alpha value is -1.09. The van der Waals surface area contributed by atoms with Gasteiger partial charge in [-0.15, -0.1) is 11.8 Å². The zero-order chi connectivity index (χ0) is 19.0. The SMILES string of the molecule is COC1CCCCNCC1SC1=C(C(=O)O)N2C(=O)C(C(C)O)[C@H]2C1C. The first-order valence-electron chi connectivity index (χ1n) is 9.27. The molecular weight excluding hydrogens is 356 g/mol. The molecule has 0 saturated carbocycles. The third-order valence-electron chi connectivity index (χ3n) is 5.74. The van der Waals surface area contributed by atoms with Crippen LogP contribution >= 0.6 is 11.8 Å². The van der Waals surface area contributed by atoms with Gasteiger partial charge < -0.3 is 25.2 Å². The Bertz CT molecular complexity index is 608. The first-order valence-corrected chi connectivity index (χ1v) is 10.1. The van der Waals surface area contributed by atoms with Crippen LogP contribution in [0.2, 0.25) is 0 Å². The minimum absolute atomic E-state index is 0.0408. The highest BCUT2D eigenvalue weighted by Gasteiger charge is 2.60. The highest BCUT2D eigenvalue weighted by atomic mass is 32.2. The van der Waals surface area contributed by atoms with Crippen molar-refractivity contribution in [3.8, 4) is 0 Å². The summed E-state index contributed by atoms with van der Waals surface area (Å²) < 4.78 is 5.68. The van der Waals surface area contributed by atoms with Gasteiger partial charge in [0.1, 0.15) is 5.70 Å². The number of nitrogens with zero attached hydrogens (tertiary/aromatic N) is 1. The van der Waals surface area contributed by atoms with Crippen LogP contribution in [0.15, 0.2) is 10.6 Å². The van der Waals surface area contributed by atoms with Crippen LogP contribution in [0, 0.1) is 11.8 Å². The number of carbonyl (C=O) groups excluding carboxylic acids is 1. The average Bonchev–Trinajstić information content (AvgIpc) is 2.79. The minimum Gasteiger partial charge on any atom is -0.477 e. The minimum atomic E-state index is -1.08. The van der Waals surface area contributed by atoms with Gasteiger partial charge in [-0.2, -0.15) is 0 Å². The number of carbonyl (C=O) groups is 2. The van der Waals surface area contributed by atoms with E-state index < -0.39 is 18.0 Å². The van der Waals surface area contributed by atoms with Gasteiger partial charge in [0.15, 0.2) is 0 Å². The van der Waals surface area contributed by atoms with E-state index in [-0.39, 0.29) is 34.9 Å². The van der Waals surface area contributed by atoms with Crippen LogP contribution < -0.4 is 5.32 Å². The normalized spacial score (nSPS) is 36.2. The fraction of sp³-hybridized carbons (Fsp3) is 0.778. The third kappa shape index (κ3) is 3.28. The summed E-state index contributed by atoms with van der Waals surface area (Å²) in [7, 11) is 1.70. The van der Waals surface area contributed by atoms with Crippen molar-refractivity contribution >= 4 is 23.6 Å². The Balaban J connectivity index is 1.87. The van der Waals surface area contributed by atoms with Gasteiger partial charge in [-0.25, -0.2) is 4.79 Å². The molecule has 2 fully saturated rings. The molecule has 8 heteroatoms. The van der Waals surface area contributed by atoms with E-state index in [1.807, 2.05) is 6.92 Å². The van der Waals surface area contributed by atoms with Crippen LogP contribution in [0.1, 0.15) is 33.1 Å². The molecule has 26 heavy (non-hydrogen) atoms. The van der Waals surface area contributed by atoms with Gasteiger partial charge in [0.05, 0.1) is 24.2 Å². The summed E-state index contributed by atoms with van der Waals surface area (Å²) in [5, 5.41) is 23.2. The van der Waals surface area contributed by atoms with E-state index >= 15 is 0 Å². The molecule has 5 unspecified atom stereocenters. The summed E-state index contributed by atoms with van der Waals surface area (Å²) in [6, 6.07) is -0.265. The van der Waals surface area contributed by atoms with Crippen LogP contribution in [-0.4, -0.2) is 70.7 Å². The zero-order valence-electron chi connectivity index (χ0n) is 15.5. The molecule has 3 aliphatic rings. The van der Waals surface area contributed by atoms with Crippen molar-refractivity contribution < 1.29 is 24.5 Å². The van der Waals surface area contributed by atoms with Gasteiger partial charge in [0.25, 0.3) is 0 Å². The quantitative estimate of drug-likeness (QED) is 0.609. The molecule has 0 aromatic carbocycles. The summed E-state index contributed by atoms with van der Waals surface area (Å²) in [5.74, 6) is -1.99. The Kier molecular flexibility index (Phi) is 5.96. The molecule has 0 aliphatic carbocycles. The van der Waals surface area contributed by atoms with Crippen molar-refractivity contribution in [1.82, 2.24) is 10.2 Å². The number of ether oxygens (including phenoxy) is 1. The van der Waals surface area contributed by atoms with Crippen LogP contribution in [-0.2, 0) is 14.3 Å². The predicted molar refractivity (Wildman–Crippen MR) is 98.5 cm³/mol. The van der Waals surface area contributed by atoms with Crippen molar-refractivity contribution in [3.63, 3.8) is 0 Å². The lowest BCUT2D eigenvalue weighted by molar-refractivity contribution is -0.163. The number of carboxylic acid groups (broad SMARTS) is 1. The molecule has 3 aliphatic heterocycles. The van der Waals surface area contributed by atoms with Gasteiger partial charge in [-0.05, 0) is 32.7 Å².